The zero-order valence-corrected chi connectivity index (χ0v) is 16.9. The molecule has 0 saturated heterocycles. The van der Waals surface area contributed by atoms with Crippen LogP contribution in [0.25, 0.3) is 23.2 Å². The van der Waals surface area contributed by atoms with Crippen molar-refractivity contribution in [3.8, 4) is 22.8 Å². The van der Waals surface area contributed by atoms with E-state index >= 15 is 0 Å². The molecule has 1 aromatic heterocycles. The summed E-state index contributed by atoms with van der Waals surface area (Å²) in [6, 6.07) is 28.4. The summed E-state index contributed by atoms with van der Waals surface area (Å²) in [5.41, 5.74) is 3.22. The topological polar surface area (TPSA) is 39.9 Å². The van der Waals surface area contributed by atoms with E-state index in [1.807, 2.05) is 72.8 Å². The molecule has 0 fully saturated rings. The lowest BCUT2D eigenvalue weighted by Gasteiger charge is -2.10. The van der Waals surface area contributed by atoms with Gasteiger partial charge in [-0.2, -0.15) is 0 Å². The number of hydrogen-bond acceptors (Lipinski definition) is 4. The summed E-state index contributed by atoms with van der Waals surface area (Å²) in [6.07, 6.45) is 4.27. The van der Waals surface area contributed by atoms with Gasteiger partial charge in [0.25, 0.3) is 0 Å². The zero-order chi connectivity index (χ0) is 19.9. The second-order valence-corrected chi connectivity index (χ2v) is 7.32. The van der Waals surface area contributed by atoms with Crippen molar-refractivity contribution in [3.05, 3.63) is 96.6 Å². The van der Waals surface area contributed by atoms with E-state index in [2.05, 4.69) is 39.0 Å². The number of hydrogen-bond donors (Lipinski definition) is 0. The van der Waals surface area contributed by atoms with Crippen LogP contribution < -0.4 is 4.74 Å². The normalized spacial score (nSPS) is 11.1. The van der Waals surface area contributed by atoms with Crippen molar-refractivity contribution >= 4 is 17.8 Å². The molecule has 5 heteroatoms. The molecule has 144 valence electrons. The molecule has 0 bridgehead atoms. The number of ether oxygens (including phenoxy) is 1. The van der Waals surface area contributed by atoms with Crippen LogP contribution in [0.2, 0.25) is 0 Å². The summed E-state index contributed by atoms with van der Waals surface area (Å²) < 4.78 is 7.39. The summed E-state index contributed by atoms with van der Waals surface area (Å²) in [6.45, 7) is 0. The predicted octanol–water partition coefficient (Wildman–Crippen LogP) is 5.75. The summed E-state index contributed by atoms with van der Waals surface area (Å²) in [5.74, 6) is 2.45. The molecule has 0 aliphatic heterocycles. The average Bonchev–Trinajstić information content (AvgIpc) is 3.22. The fourth-order valence-corrected chi connectivity index (χ4v) is 3.73. The van der Waals surface area contributed by atoms with Crippen LogP contribution in [0.5, 0.6) is 5.75 Å². The first-order valence-electron chi connectivity index (χ1n) is 9.35. The Morgan fingerprint density at radius 2 is 1.55 bits per heavy atom. The number of aromatic nitrogens is 3. The third-order valence-electron chi connectivity index (χ3n) is 4.41. The van der Waals surface area contributed by atoms with Crippen molar-refractivity contribution in [2.24, 2.45) is 0 Å². The van der Waals surface area contributed by atoms with Crippen LogP contribution in [0, 0.1) is 0 Å². The van der Waals surface area contributed by atoms with E-state index in [1.54, 1.807) is 18.9 Å². The highest BCUT2D eigenvalue weighted by atomic mass is 32.2. The van der Waals surface area contributed by atoms with Crippen molar-refractivity contribution in [1.82, 2.24) is 14.8 Å². The Labute approximate surface area is 174 Å². The van der Waals surface area contributed by atoms with E-state index in [4.69, 9.17) is 4.74 Å². The first-order chi connectivity index (χ1) is 14.3. The second-order valence-electron chi connectivity index (χ2n) is 6.33. The summed E-state index contributed by atoms with van der Waals surface area (Å²) in [4.78, 5) is 0. The number of rotatable bonds is 7. The largest absolute Gasteiger partial charge is 0.497 e. The number of methoxy groups -OCH3 is 1. The lowest BCUT2D eigenvalue weighted by molar-refractivity contribution is 0.414. The molecule has 3 aromatic carbocycles. The third kappa shape index (κ3) is 4.58. The van der Waals surface area contributed by atoms with Crippen LogP contribution in [-0.4, -0.2) is 27.6 Å². The van der Waals surface area contributed by atoms with Crippen molar-refractivity contribution in [2.75, 3.05) is 12.9 Å². The van der Waals surface area contributed by atoms with Crippen molar-refractivity contribution in [3.63, 3.8) is 0 Å². The Kier molecular flexibility index (Phi) is 6.07. The molecule has 0 spiro atoms. The van der Waals surface area contributed by atoms with Gasteiger partial charge < -0.3 is 4.74 Å². The summed E-state index contributed by atoms with van der Waals surface area (Å²) >= 11 is 1.66. The van der Waals surface area contributed by atoms with E-state index in [0.29, 0.717) is 0 Å². The molecule has 0 N–H and O–H groups in total. The van der Waals surface area contributed by atoms with E-state index < -0.39 is 0 Å². The minimum atomic E-state index is 0.804. The molecule has 0 radical (unpaired) electrons. The molecule has 0 amide bonds. The monoisotopic (exact) mass is 399 g/mol. The molecule has 0 saturated carbocycles. The first-order valence-corrected chi connectivity index (χ1v) is 10.3. The Morgan fingerprint density at radius 1 is 0.862 bits per heavy atom. The maximum Gasteiger partial charge on any atom is 0.196 e. The Bertz CT molecular complexity index is 1070. The van der Waals surface area contributed by atoms with Gasteiger partial charge >= 0.3 is 0 Å². The minimum absolute atomic E-state index is 0.804. The maximum absolute atomic E-state index is 5.30. The lowest BCUT2D eigenvalue weighted by atomic mass is 10.2. The fourth-order valence-electron chi connectivity index (χ4n) is 2.97. The Hall–Kier alpha value is -3.31. The maximum atomic E-state index is 5.30. The van der Waals surface area contributed by atoms with Gasteiger partial charge in [0.2, 0.25) is 0 Å². The zero-order valence-electron chi connectivity index (χ0n) is 16.1. The molecule has 0 aliphatic carbocycles. The van der Waals surface area contributed by atoms with Gasteiger partial charge in [0.15, 0.2) is 11.0 Å². The van der Waals surface area contributed by atoms with E-state index in [1.165, 1.54) is 5.56 Å². The van der Waals surface area contributed by atoms with Crippen molar-refractivity contribution in [1.29, 1.82) is 0 Å². The molecule has 0 unspecified atom stereocenters. The smallest absolute Gasteiger partial charge is 0.196 e. The van der Waals surface area contributed by atoms with Gasteiger partial charge in [0, 0.05) is 17.0 Å². The predicted molar refractivity (Wildman–Crippen MR) is 120 cm³/mol. The standard InChI is InChI=1S/C24H21N3OS/c1-28-22-16-14-21(15-17-22)27-23(20-12-6-3-7-13-20)25-26-24(27)29-18-8-11-19-9-4-2-5-10-19/h2-17H,18H2,1H3. The van der Waals surface area contributed by atoms with E-state index in [9.17, 15) is 0 Å². The number of thioether (sulfide) groups is 1. The van der Waals surface area contributed by atoms with E-state index in [0.717, 1.165) is 33.7 Å². The summed E-state index contributed by atoms with van der Waals surface area (Å²) in [7, 11) is 1.67. The highest BCUT2D eigenvalue weighted by Gasteiger charge is 2.15. The summed E-state index contributed by atoms with van der Waals surface area (Å²) in [5, 5.41) is 9.80. The number of nitrogens with zero attached hydrogens (tertiary/aromatic N) is 3. The molecule has 4 rings (SSSR count). The molecule has 0 aliphatic rings. The molecular formula is C24H21N3OS. The van der Waals surface area contributed by atoms with Crippen LogP contribution >= 0.6 is 11.8 Å². The molecule has 4 aromatic rings. The minimum Gasteiger partial charge on any atom is -0.497 e. The van der Waals surface area contributed by atoms with Gasteiger partial charge in [0.05, 0.1) is 7.11 Å². The van der Waals surface area contributed by atoms with E-state index in [-0.39, 0.29) is 0 Å². The van der Waals surface area contributed by atoms with Gasteiger partial charge in [-0.3, -0.25) is 4.57 Å². The highest BCUT2D eigenvalue weighted by molar-refractivity contribution is 7.99. The second kappa shape index (κ2) is 9.26. The third-order valence-corrected chi connectivity index (χ3v) is 5.30. The van der Waals surface area contributed by atoms with Crippen LogP contribution in [0.4, 0.5) is 0 Å². The SMILES string of the molecule is COc1ccc(-n2c(SCC=Cc3ccccc3)nnc2-c2ccccc2)cc1. The molecule has 0 atom stereocenters. The van der Waals surface area contributed by atoms with Gasteiger partial charge in [-0.25, -0.2) is 0 Å². The van der Waals surface area contributed by atoms with Crippen LogP contribution in [0.3, 0.4) is 0 Å². The average molecular weight is 400 g/mol. The first kappa shape index (κ1) is 19.0. The van der Waals surface area contributed by atoms with Crippen LogP contribution in [-0.2, 0) is 0 Å². The molecule has 4 nitrogen and oxygen atoms in total. The van der Waals surface area contributed by atoms with Gasteiger partial charge in [0.1, 0.15) is 5.75 Å². The highest BCUT2D eigenvalue weighted by Crippen LogP contribution is 2.29. The fraction of sp³-hybridized carbons (Fsp3) is 0.0833. The molecule has 29 heavy (non-hydrogen) atoms. The Balaban J connectivity index is 1.62. The van der Waals surface area contributed by atoms with Crippen LogP contribution in [0.15, 0.2) is 96.2 Å². The van der Waals surface area contributed by atoms with Crippen molar-refractivity contribution < 1.29 is 4.74 Å². The lowest BCUT2D eigenvalue weighted by Crippen LogP contribution is -2.00. The molecule has 1 heterocycles. The van der Waals surface area contributed by atoms with Crippen LogP contribution in [0.1, 0.15) is 5.56 Å². The number of benzene rings is 3. The van der Waals surface area contributed by atoms with Gasteiger partial charge in [-0.1, -0.05) is 84.6 Å². The van der Waals surface area contributed by atoms with Gasteiger partial charge in [-0.15, -0.1) is 10.2 Å². The molecular weight excluding hydrogens is 378 g/mol. The van der Waals surface area contributed by atoms with Crippen molar-refractivity contribution in [2.45, 2.75) is 5.16 Å². The van der Waals surface area contributed by atoms with Gasteiger partial charge in [-0.05, 0) is 29.8 Å². The quantitative estimate of drug-likeness (QED) is 0.371. The Morgan fingerprint density at radius 3 is 2.24 bits per heavy atom.